The molecule has 3 N–H and O–H groups in total. The molecule has 0 atom stereocenters. The van der Waals surface area contributed by atoms with Crippen molar-refractivity contribution >= 4 is 40.8 Å². The number of nitrogens with one attached hydrogen (secondary N) is 1. The summed E-state index contributed by atoms with van der Waals surface area (Å²) in [5.74, 6) is 0.120. The quantitative estimate of drug-likeness (QED) is 0.526. The average Bonchev–Trinajstić information content (AvgIpc) is 2.69. The Morgan fingerprint density at radius 3 is 2.40 bits per heavy atom. The van der Waals surface area contributed by atoms with Crippen LogP contribution in [-0.2, 0) is 9.59 Å². The zero-order chi connectivity index (χ0) is 22.1. The lowest BCUT2D eigenvalue weighted by atomic mass is 10.1. The fourth-order valence-electron chi connectivity index (χ4n) is 3.06. The zero-order valence-electron chi connectivity index (χ0n) is 17.4. The standard InChI is InChI=1S/C22H28Cl2N4O2/c1-3-6-21(30)28(14-20(29)26-8-5-4-7-25)22-15(2)9-17(13-27-22)16-10-18(23)12-19(24)11-16/h9-13H,3-8,14,25H2,1-2H3,(H,26,29). The third-order valence-electron chi connectivity index (χ3n) is 4.52. The maximum absolute atomic E-state index is 12.7. The molecule has 2 rings (SSSR count). The number of aryl methyl sites for hydroxylation is 1. The van der Waals surface area contributed by atoms with Crippen molar-refractivity contribution in [3.05, 3.63) is 46.1 Å². The second kappa shape index (κ2) is 11.9. The largest absolute Gasteiger partial charge is 0.355 e. The lowest BCUT2D eigenvalue weighted by molar-refractivity contribution is -0.123. The first-order valence-electron chi connectivity index (χ1n) is 10.1. The molecule has 0 aliphatic heterocycles. The Hall–Kier alpha value is -2.15. The number of pyridine rings is 1. The molecule has 0 saturated heterocycles. The van der Waals surface area contributed by atoms with Crippen LogP contribution in [0.5, 0.6) is 0 Å². The molecule has 8 heteroatoms. The van der Waals surface area contributed by atoms with Crippen molar-refractivity contribution in [1.29, 1.82) is 0 Å². The van der Waals surface area contributed by atoms with Crippen molar-refractivity contribution in [3.8, 4) is 11.1 Å². The molecule has 0 aliphatic carbocycles. The molecule has 0 fully saturated rings. The van der Waals surface area contributed by atoms with Crippen molar-refractivity contribution < 1.29 is 9.59 Å². The van der Waals surface area contributed by atoms with E-state index in [0.717, 1.165) is 29.5 Å². The summed E-state index contributed by atoms with van der Waals surface area (Å²) in [6.45, 7) is 4.84. The van der Waals surface area contributed by atoms with Crippen LogP contribution >= 0.6 is 23.2 Å². The van der Waals surface area contributed by atoms with Crippen molar-refractivity contribution in [2.45, 2.75) is 39.5 Å². The van der Waals surface area contributed by atoms with Crippen LogP contribution in [0.25, 0.3) is 11.1 Å². The van der Waals surface area contributed by atoms with Gasteiger partial charge >= 0.3 is 0 Å². The molecule has 0 spiro atoms. The van der Waals surface area contributed by atoms with Crippen LogP contribution in [0.1, 0.15) is 38.2 Å². The fourth-order valence-corrected chi connectivity index (χ4v) is 3.58. The molecule has 0 aliphatic rings. The minimum Gasteiger partial charge on any atom is -0.355 e. The molecular formula is C22H28Cl2N4O2. The highest BCUT2D eigenvalue weighted by atomic mass is 35.5. The van der Waals surface area contributed by atoms with Gasteiger partial charge < -0.3 is 11.1 Å². The molecule has 1 aromatic heterocycles. The first-order chi connectivity index (χ1) is 14.3. The summed E-state index contributed by atoms with van der Waals surface area (Å²) >= 11 is 12.2. The number of carbonyl (C=O) groups excluding carboxylic acids is 2. The number of unbranched alkanes of at least 4 members (excludes halogenated alkanes) is 1. The Kier molecular flexibility index (Phi) is 9.56. The smallest absolute Gasteiger partial charge is 0.240 e. The Balaban J connectivity index is 2.25. The number of carbonyl (C=O) groups is 2. The Bertz CT molecular complexity index is 869. The van der Waals surface area contributed by atoms with Gasteiger partial charge in [-0.05, 0) is 68.1 Å². The first kappa shape index (κ1) is 24.1. The van der Waals surface area contributed by atoms with E-state index in [4.69, 9.17) is 28.9 Å². The van der Waals surface area contributed by atoms with Crippen LogP contribution in [0.15, 0.2) is 30.5 Å². The number of hydrogen-bond donors (Lipinski definition) is 2. The van der Waals surface area contributed by atoms with Crippen molar-refractivity contribution in [2.24, 2.45) is 5.73 Å². The molecule has 0 unspecified atom stereocenters. The van der Waals surface area contributed by atoms with E-state index in [1.807, 2.05) is 19.9 Å². The highest BCUT2D eigenvalue weighted by Gasteiger charge is 2.21. The van der Waals surface area contributed by atoms with Gasteiger partial charge in [-0.15, -0.1) is 0 Å². The average molecular weight is 451 g/mol. The van der Waals surface area contributed by atoms with Gasteiger partial charge in [0.15, 0.2) is 0 Å². The van der Waals surface area contributed by atoms with E-state index in [-0.39, 0.29) is 18.4 Å². The van der Waals surface area contributed by atoms with Crippen LogP contribution in [0.4, 0.5) is 5.82 Å². The van der Waals surface area contributed by atoms with Crippen LogP contribution < -0.4 is 16.0 Å². The van der Waals surface area contributed by atoms with Crippen LogP contribution in [-0.4, -0.2) is 36.4 Å². The number of anilines is 1. The number of benzene rings is 1. The SMILES string of the molecule is CCCC(=O)N(CC(=O)NCCCCN)c1ncc(-c2cc(Cl)cc(Cl)c2)cc1C. The predicted octanol–water partition coefficient (Wildman–Crippen LogP) is 4.35. The van der Waals surface area contributed by atoms with Crippen LogP contribution in [0.2, 0.25) is 10.0 Å². The number of nitrogens with zero attached hydrogens (tertiary/aromatic N) is 2. The second-order valence-electron chi connectivity index (χ2n) is 7.10. The Labute approximate surface area is 187 Å². The summed E-state index contributed by atoms with van der Waals surface area (Å²) in [5, 5.41) is 3.90. The number of aromatic nitrogens is 1. The zero-order valence-corrected chi connectivity index (χ0v) is 18.9. The summed E-state index contributed by atoms with van der Waals surface area (Å²) < 4.78 is 0. The molecule has 1 aromatic carbocycles. The number of halogens is 2. The number of nitrogens with two attached hydrogens (primary N) is 1. The molecule has 30 heavy (non-hydrogen) atoms. The molecule has 162 valence electrons. The van der Waals surface area contributed by atoms with E-state index in [2.05, 4.69) is 10.3 Å². The first-order valence-corrected chi connectivity index (χ1v) is 10.8. The highest BCUT2D eigenvalue weighted by Crippen LogP contribution is 2.29. The normalized spacial score (nSPS) is 10.7. The molecule has 0 radical (unpaired) electrons. The van der Waals surface area contributed by atoms with E-state index in [1.165, 1.54) is 4.90 Å². The second-order valence-corrected chi connectivity index (χ2v) is 7.97. The third kappa shape index (κ3) is 6.97. The summed E-state index contributed by atoms with van der Waals surface area (Å²) in [6, 6.07) is 7.19. The van der Waals surface area contributed by atoms with Gasteiger partial charge in [0, 0.05) is 34.8 Å². The molecule has 6 nitrogen and oxygen atoms in total. The van der Waals surface area contributed by atoms with Crippen molar-refractivity contribution in [3.63, 3.8) is 0 Å². The molecule has 2 amide bonds. The number of hydrogen-bond acceptors (Lipinski definition) is 4. The maximum atomic E-state index is 12.7. The van der Waals surface area contributed by atoms with E-state index in [9.17, 15) is 9.59 Å². The van der Waals surface area contributed by atoms with E-state index < -0.39 is 0 Å². The monoisotopic (exact) mass is 450 g/mol. The van der Waals surface area contributed by atoms with Gasteiger partial charge in [0.25, 0.3) is 0 Å². The van der Waals surface area contributed by atoms with E-state index >= 15 is 0 Å². The molecule has 2 aromatic rings. The summed E-state index contributed by atoms with van der Waals surface area (Å²) in [7, 11) is 0. The molecule has 0 saturated carbocycles. The summed E-state index contributed by atoms with van der Waals surface area (Å²) in [6.07, 6.45) is 4.34. The Morgan fingerprint density at radius 1 is 1.10 bits per heavy atom. The number of amides is 2. The molecular weight excluding hydrogens is 423 g/mol. The predicted molar refractivity (Wildman–Crippen MR) is 123 cm³/mol. The van der Waals surface area contributed by atoms with Crippen molar-refractivity contribution in [1.82, 2.24) is 10.3 Å². The fraction of sp³-hybridized carbons (Fsp3) is 0.409. The van der Waals surface area contributed by atoms with Crippen LogP contribution in [0.3, 0.4) is 0 Å². The lowest BCUT2D eigenvalue weighted by Gasteiger charge is -2.23. The van der Waals surface area contributed by atoms with Gasteiger partial charge in [-0.3, -0.25) is 14.5 Å². The van der Waals surface area contributed by atoms with Crippen molar-refractivity contribution in [2.75, 3.05) is 24.5 Å². The summed E-state index contributed by atoms with van der Waals surface area (Å²) in [4.78, 5) is 31.0. The van der Waals surface area contributed by atoms with Crippen LogP contribution in [0, 0.1) is 6.92 Å². The topological polar surface area (TPSA) is 88.3 Å². The van der Waals surface area contributed by atoms with E-state index in [0.29, 0.717) is 41.8 Å². The number of rotatable bonds is 10. The van der Waals surface area contributed by atoms with Gasteiger partial charge in [0.1, 0.15) is 12.4 Å². The Morgan fingerprint density at radius 2 is 1.80 bits per heavy atom. The summed E-state index contributed by atoms with van der Waals surface area (Å²) in [5.41, 5.74) is 7.92. The van der Waals surface area contributed by atoms with Gasteiger partial charge in [0.2, 0.25) is 11.8 Å². The molecule has 0 bridgehead atoms. The molecule has 1 heterocycles. The van der Waals surface area contributed by atoms with Gasteiger partial charge in [0.05, 0.1) is 0 Å². The minimum absolute atomic E-state index is 0.0718. The highest BCUT2D eigenvalue weighted by molar-refractivity contribution is 6.35. The van der Waals surface area contributed by atoms with Gasteiger partial charge in [-0.1, -0.05) is 30.1 Å². The van der Waals surface area contributed by atoms with Gasteiger partial charge in [-0.25, -0.2) is 4.98 Å². The van der Waals surface area contributed by atoms with E-state index in [1.54, 1.807) is 24.4 Å². The van der Waals surface area contributed by atoms with Gasteiger partial charge in [-0.2, -0.15) is 0 Å². The lowest BCUT2D eigenvalue weighted by Crippen LogP contribution is -2.41. The maximum Gasteiger partial charge on any atom is 0.240 e. The third-order valence-corrected chi connectivity index (χ3v) is 4.96. The minimum atomic E-state index is -0.219.